The maximum absolute atomic E-state index is 5.52. The van der Waals surface area contributed by atoms with E-state index in [1.54, 1.807) is 7.11 Å². The van der Waals surface area contributed by atoms with E-state index in [0.29, 0.717) is 0 Å². The van der Waals surface area contributed by atoms with Crippen molar-refractivity contribution >= 4 is 23.3 Å². The van der Waals surface area contributed by atoms with E-state index in [9.17, 15) is 0 Å². The Hall–Kier alpha value is -1.17. The molecule has 1 aromatic carbocycles. The molecule has 0 saturated carbocycles. The Balaban J connectivity index is 2.21. The first-order chi connectivity index (χ1) is 9.15. The van der Waals surface area contributed by atoms with E-state index in [2.05, 4.69) is 39.3 Å². The maximum Gasteiger partial charge on any atom is 0.181 e. The Kier molecular flexibility index (Phi) is 4.74. The number of nitrogens with zero attached hydrogens (tertiary/aromatic N) is 3. The Morgan fingerprint density at radius 2 is 1.95 bits per heavy atom. The number of benzene rings is 1. The maximum atomic E-state index is 5.52. The highest BCUT2D eigenvalue weighted by atomic mass is 32.1. The molecule has 0 saturated heterocycles. The Labute approximate surface area is 119 Å². The van der Waals surface area contributed by atoms with Crippen LogP contribution in [-0.4, -0.2) is 41.3 Å². The van der Waals surface area contributed by atoms with Gasteiger partial charge < -0.3 is 13.9 Å². The molecule has 0 bridgehead atoms. The normalized spacial score (nSPS) is 11.6. The lowest BCUT2D eigenvalue weighted by molar-refractivity contribution is 0.171. The molecule has 19 heavy (non-hydrogen) atoms. The number of para-hydroxylation sites is 2. The molecule has 104 valence electrons. The van der Waals surface area contributed by atoms with Gasteiger partial charge in [-0.05, 0) is 37.8 Å². The summed E-state index contributed by atoms with van der Waals surface area (Å²) in [6, 6.07) is 8.32. The molecule has 0 unspecified atom stereocenters. The van der Waals surface area contributed by atoms with Crippen LogP contribution in [0.1, 0.15) is 6.42 Å². The fourth-order valence-corrected chi connectivity index (χ4v) is 2.55. The van der Waals surface area contributed by atoms with Crippen molar-refractivity contribution in [1.82, 2.24) is 14.0 Å². The SMILES string of the molecule is COCCCN(C)Cn1c(=S)n(C)c2ccccc21. The van der Waals surface area contributed by atoms with Crippen molar-refractivity contribution in [1.29, 1.82) is 0 Å². The van der Waals surface area contributed by atoms with Gasteiger partial charge in [0.2, 0.25) is 0 Å². The zero-order chi connectivity index (χ0) is 13.8. The van der Waals surface area contributed by atoms with Crippen LogP contribution in [0.4, 0.5) is 0 Å². The summed E-state index contributed by atoms with van der Waals surface area (Å²) < 4.78 is 10.2. The van der Waals surface area contributed by atoms with Crippen molar-refractivity contribution in [3.8, 4) is 0 Å². The highest BCUT2D eigenvalue weighted by molar-refractivity contribution is 7.71. The van der Waals surface area contributed by atoms with Gasteiger partial charge in [0.25, 0.3) is 0 Å². The minimum atomic E-state index is 0.797. The number of methoxy groups -OCH3 is 1. The molecule has 0 N–H and O–H groups in total. The van der Waals surface area contributed by atoms with Crippen LogP contribution in [0.3, 0.4) is 0 Å². The number of aryl methyl sites for hydroxylation is 1. The molecule has 0 amide bonds. The summed E-state index contributed by atoms with van der Waals surface area (Å²) in [6.45, 7) is 2.61. The van der Waals surface area contributed by atoms with Crippen molar-refractivity contribution in [2.24, 2.45) is 7.05 Å². The van der Waals surface area contributed by atoms with Crippen LogP contribution in [-0.2, 0) is 18.5 Å². The van der Waals surface area contributed by atoms with Crippen LogP contribution in [0, 0.1) is 4.77 Å². The summed E-state index contributed by atoms with van der Waals surface area (Å²) >= 11 is 5.52. The molecule has 4 nitrogen and oxygen atoms in total. The van der Waals surface area contributed by atoms with E-state index in [1.165, 1.54) is 11.0 Å². The molecule has 0 radical (unpaired) electrons. The Morgan fingerprint density at radius 3 is 2.63 bits per heavy atom. The van der Waals surface area contributed by atoms with Gasteiger partial charge in [-0.1, -0.05) is 12.1 Å². The van der Waals surface area contributed by atoms with E-state index >= 15 is 0 Å². The molecular formula is C14H21N3OS. The summed E-state index contributed by atoms with van der Waals surface area (Å²) in [5.74, 6) is 0. The molecule has 0 aliphatic heterocycles. The molecule has 1 aromatic heterocycles. The van der Waals surface area contributed by atoms with Crippen LogP contribution < -0.4 is 0 Å². The highest BCUT2D eigenvalue weighted by Crippen LogP contribution is 2.16. The molecule has 0 spiro atoms. The monoisotopic (exact) mass is 279 g/mol. The first-order valence-electron chi connectivity index (χ1n) is 6.47. The van der Waals surface area contributed by atoms with Gasteiger partial charge in [0, 0.05) is 27.3 Å². The predicted molar refractivity (Wildman–Crippen MR) is 80.9 cm³/mol. The number of imidazole rings is 1. The molecule has 0 aliphatic rings. The Bertz CT molecular complexity index is 602. The number of fused-ring (bicyclic) bond motifs is 1. The number of hydrogen-bond donors (Lipinski definition) is 0. The highest BCUT2D eigenvalue weighted by Gasteiger charge is 2.08. The summed E-state index contributed by atoms with van der Waals surface area (Å²) in [5.41, 5.74) is 2.37. The molecule has 0 aliphatic carbocycles. The average molecular weight is 279 g/mol. The van der Waals surface area contributed by atoms with Crippen molar-refractivity contribution in [3.05, 3.63) is 29.0 Å². The molecule has 0 atom stereocenters. The summed E-state index contributed by atoms with van der Waals surface area (Å²) in [4.78, 5) is 2.27. The van der Waals surface area contributed by atoms with E-state index in [0.717, 1.165) is 31.0 Å². The lowest BCUT2D eigenvalue weighted by Crippen LogP contribution is -2.24. The van der Waals surface area contributed by atoms with E-state index < -0.39 is 0 Å². The van der Waals surface area contributed by atoms with Crippen molar-refractivity contribution in [3.63, 3.8) is 0 Å². The number of hydrogen-bond acceptors (Lipinski definition) is 3. The van der Waals surface area contributed by atoms with Crippen molar-refractivity contribution in [2.75, 3.05) is 27.3 Å². The van der Waals surface area contributed by atoms with Gasteiger partial charge in [-0.25, -0.2) is 0 Å². The second-order valence-corrected chi connectivity index (χ2v) is 5.19. The average Bonchev–Trinajstić information content (AvgIpc) is 2.65. The molecule has 2 aromatic rings. The van der Waals surface area contributed by atoms with Crippen LogP contribution in [0.15, 0.2) is 24.3 Å². The van der Waals surface area contributed by atoms with Crippen LogP contribution in [0.5, 0.6) is 0 Å². The number of aromatic nitrogens is 2. The van der Waals surface area contributed by atoms with E-state index in [4.69, 9.17) is 17.0 Å². The van der Waals surface area contributed by atoms with Gasteiger partial charge in [-0.3, -0.25) is 4.90 Å². The predicted octanol–water partition coefficient (Wildman–Crippen LogP) is 2.64. The second-order valence-electron chi connectivity index (χ2n) is 4.83. The van der Waals surface area contributed by atoms with Gasteiger partial charge in [-0.15, -0.1) is 0 Å². The van der Waals surface area contributed by atoms with Crippen LogP contribution in [0.25, 0.3) is 11.0 Å². The minimum Gasteiger partial charge on any atom is -0.385 e. The molecular weight excluding hydrogens is 258 g/mol. The van der Waals surface area contributed by atoms with Crippen LogP contribution in [0.2, 0.25) is 0 Å². The standard InChI is InChI=1S/C14H21N3OS/c1-15(9-6-10-18-3)11-17-13-8-5-4-7-12(13)16(2)14(17)19/h4-5,7-8H,6,9-11H2,1-3H3. The molecule has 2 rings (SSSR count). The zero-order valence-electron chi connectivity index (χ0n) is 11.8. The fraction of sp³-hybridized carbons (Fsp3) is 0.500. The smallest absolute Gasteiger partial charge is 0.181 e. The summed E-state index contributed by atoms with van der Waals surface area (Å²) in [5, 5.41) is 0. The number of ether oxygens (including phenoxy) is 1. The van der Waals surface area contributed by atoms with Gasteiger partial charge in [-0.2, -0.15) is 0 Å². The topological polar surface area (TPSA) is 22.3 Å². The molecule has 1 heterocycles. The lowest BCUT2D eigenvalue weighted by atomic mass is 10.3. The third kappa shape index (κ3) is 3.05. The zero-order valence-corrected chi connectivity index (χ0v) is 12.6. The third-order valence-electron chi connectivity index (χ3n) is 3.32. The molecule has 5 heteroatoms. The Morgan fingerprint density at radius 1 is 1.26 bits per heavy atom. The van der Waals surface area contributed by atoms with Gasteiger partial charge in [0.05, 0.1) is 17.7 Å². The van der Waals surface area contributed by atoms with Gasteiger partial charge in [0.1, 0.15) is 0 Å². The summed E-state index contributed by atoms with van der Waals surface area (Å²) in [7, 11) is 5.87. The first-order valence-corrected chi connectivity index (χ1v) is 6.87. The van der Waals surface area contributed by atoms with E-state index in [1.807, 2.05) is 13.1 Å². The fourth-order valence-electron chi connectivity index (χ4n) is 2.29. The first kappa shape index (κ1) is 14.2. The third-order valence-corrected chi connectivity index (χ3v) is 3.82. The van der Waals surface area contributed by atoms with E-state index in [-0.39, 0.29) is 0 Å². The summed E-state index contributed by atoms with van der Waals surface area (Å²) in [6.07, 6.45) is 1.03. The quantitative estimate of drug-likeness (QED) is 0.599. The second kappa shape index (κ2) is 6.32. The largest absolute Gasteiger partial charge is 0.385 e. The lowest BCUT2D eigenvalue weighted by Gasteiger charge is -2.17. The number of rotatable bonds is 6. The van der Waals surface area contributed by atoms with Gasteiger partial charge in [0.15, 0.2) is 4.77 Å². The molecule has 0 fully saturated rings. The minimum absolute atomic E-state index is 0.797. The van der Waals surface area contributed by atoms with Crippen molar-refractivity contribution < 1.29 is 4.74 Å². The van der Waals surface area contributed by atoms with Gasteiger partial charge >= 0.3 is 0 Å². The van der Waals surface area contributed by atoms with Crippen molar-refractivity contribution in [2.45, 2.75) is 13.1 Å². The van der Waals surface area contributed by atoms with Crippen LogP contribution >= 0.6 is 12.2 Å².